The largest absolute Gasteiger partial charge is 0.433 e. The molecule has 1 fully saturated rings. The van der Waals surface area contributed by atoms with Gasteiger partial charge in [-0.05, 0) is 49.6 Å². The number of alkyl halides is 3. The van der Waals surface area contributed by atoms with E-state index in [1.165, 1.54) is 6.92 Å². The lowest BCUT2D eigenvalue weighted by Crippen LogP contribution is -2.25. The smallest absolute Gasteiger partial charge is 0.357 e. The molecule has 0 atom stereocenters. The van der Waals surface area contributed by atoms with Gasteiger partial charge in [0.25, 0.3) is 5.91 Å². The zero-order valence-electron chi connectivity index (χ0n) is 14.3. The number of aryl methyl sites for hydroxylation is 1. The van der Waals surface area contributed by atoms with Gasteiger partial charge >= 0.3 is 6.18 Å². The number of carbonyl (C=O) groups excluding carboxylic acids is 1. The number of nitrogens with one attached hydrogen (secondary N) is 1. The standard InChI is InChI=1S/C18H19F3N4O/c1-12-14(4-5-15(24-12)18(19,20)21)17(26)23-11-13-6-7-22-16(10-13)25-8-2-3-9-25/h4-7,10H,2-3,8-9,11H2,1H3,(H,23,26). The molecule has 3 heterocycles. The first-order chi connectivity index (χ1) is 12.3. The second-order valence-corrected chi connectivity index (χ2v) is 6.23. The molecule has 0 bridgehead atoms. The van der Waals surface area contributed by atoms with Crippen LogP contribution in [0.25, 0.3) is 0 Å². The van der Waals surface area contributed by atoms with Crippen molar-refractivity contribution in [3.05, 3.63) is 53.0 Å². The van der Waals surface area contributed by atoms with Crippen molar-refractivity contribution >= 4 is 11.7 Å². The first kappa shape index (κ1) is 18.2. The topological polar surface area (TPSA) is 58.1 Å². The van der Waals surface area contributed by atoms with Crippen molar-refractivity contribution in [2.24, 2.45) is 0 Å². The van der Waals surface area contributed by atoms with E-state index in [-0.39, 0.29) is 17.8 Å². The quantitative estimate of drug-likeness (QED) is 0.904. The summed E-state index contributed by atoms with van der Waals surface area (Å²) in [5.41, 5.74) is 0.0559. The number of rotatable bonds is 4. The fourth-order valence-corrected chi connectivity index (χ4v) is 2.93. The minimum atomic E-state index is -4.53. The highest BCUT2D eigenvalue weighted by molar-refractivity contribution is 5.95. The van der Waals surface area contributed by atoms with E-state index in [1.807, 2.05) is 6.07 Å². The average molecular weight is 364 g/mol. The van der Waals surface area contributed by atoms with Crippen molar-refractivity contribution in [1.82, 2.24) is 15.3 Å². The first-order valence-electron chi connectivity index (χ1n) is 8.37. The Kier molecular flexibility index (Phi) is 5.11. The number of hydrogen-bond acceptors (Lipinski definition) is 4. The van der Waals surface area contributed by atoms with Gasteiger partial charge in [-0.15, -0.1) is 0 Å². The van der Waals surface area contributed by atoms with Crippen LogP contribution in [-0.4, -0.2) is 29.0 Å². The van der Waals surface area contributed by atoms with Crippen LogP contribution in [0.4, 0.5) is 19.0 Å². The van der Waals surface area contributed by atoms with Gasteiger partial charge in [0.05, 0.1) is 11.3 Å². The lowest BCUT2D eigenvalue weighted by Gasteiger charge is -2.17. The monoisotopic (exact) mass is 364 g/mol. The Morgan fingerprint density at radius 3 is 2.62 bits per heavy atom. The van der Waals surface area contributed by atoms with Crippen LogP contribution in [0.3, 0.4) is 0 Å². The zero-order valence-corrected chi connectivity index (χ0v) is 14.3. The molecule has 3 rings (SSSR count). The molecular formula is C18H19F3N4O. The third kappa shape index (κ3) is 4.12. The molecule has 26 heavy (non-hydrogen) atoms. The summed E-state index contributed by atoms with van der Waals surface area (Å²) in [5.74, 6) is 0.421. The molecule has 0 unspecified atom stereocenters. The highest BCUT2D eigenvalue weighted by Crippen LogP contribution is 2.28. The maximum absolute atomic E-state index is 12.7. The summed E-state index contributed by atoms with van der Waals surface area (Å²) in [7, 11) is 0. The molecule has 2 aromatic heterocycles. The van der Waals surface area contributed by atoms with E-state index in [0.717, 1.165) is 49.4 Å². The Balaban J connectivity index is 1.66. The zero-order chi connectivity index (χ0) is 18.7. The van der Waals surface area contributed by atoms with E-state index >= 15 is 0 Å². The molecule has 0 spiro atoms. The summed E-state index contributed by atoms with van der Waals surface area (Å²) in [6.45, 7) is 3.60. The Labute approximate surface area is 149 Å². The minimum Gasteiger partial charge on any atom is -0.357 e. The predicted molar refractivity (Wildman–Crippen MR) is 90.8 cm³/mol. The van der Waals surface area contributed by atoms with Gasteiger partial charge in [-0.1, -0.05) is 0 Å². The maximum atomic E-state index is 12.7. The highest BCUT2D eigenvalue weighted by Gasteiger charge is 2.33. The first-order valence-corrected chi connectivity index (χ1v) is 8.37. The van der Waals surface area contributed by atoms with E-state index in [9.17, 15) is 18.0 Å². The summed E-state index contributed by atoms with van der Waals surface area (Å²) in [4.78, 5) is 22.3. The number of halogens is 3. The SMILES string of the molecule is Cc1nc(C(F)(F)F)ccc1C(=O)NCc1ccnc(N2CCCC2)c1. The number of nitrogens with zero attached hydrogens (tertiary/aromatic N) is 3. The summed E-state index contributed by atoms with van der Waals surface area (Å²) >= 11 is 0. The van der Waals surface area contributed by atoms with Gasteiger partial charge in [0.2, 0.25) is 0 Å². The molecule has 5 nitrogen and oxygen atoms in total. The Hall–Kier alpha value is -2.64. The third-order valence-corrected chi connectivity index (χ3v) is 4.31. The van der Waals surface area contributed by atoms with Crippen molar-refractivity contribution < 1.29 is 18.0 Å². The van der Waals surface area contributed by atoms with Gasteiger partial charge in [-0.3, -0.25) is 4.79 Å². The van der Waals surface area contributed by atoms with Crippen LogP contribution in [0.2, 0.25) is 0 Å². The molecule has 138 valence electrons. The molecule has 1 aliphatic heterocycles. The molecule has 0 aromatic carbocycles. The van der Waals surface area contributed by atoms with Crippen molar-refractivity contribution in [2.45, 2.75) is 32.5 Å². The molecule has 0 radical (unpaired) electrons. The molecule has 1 saturated heterocycles. The summed E-state index contributed by atoms with van der Waals surface area (Å²) in [5, 5.41) is 2.73. The molecule has 1 aliphatic rings. The Morgan fingerprint density at radius 2 is 1.96 bits per heavy atom. The van der Waals surface area contributed by atoms with Crippen LogP contribution in [0.15, 0.2) is 30.5 Å². The molecule has 2 aromatic rings. The van der Waals surface area contributed by atoms with Crippen LogP contribution >= 0.6 is 0 Å². The van der Waals surface area contributed by atoms with Gasteiger partial charge in [-0.2, -0.15) is 13.2 Å². The van der Waals surface area contributed by atoms with Crippen molar-refractivity contribution in [2.75, 3.05) is 18.0 Å². The molecule has 1 N–H and O–H groups in total. The van der Waals surface area contributed by atoms with E-state index in [1.54, 1.807) is 12.3 Å². The summed E-state index contributed by atoms with van der Waals surface area (Å²) in [6.07, 6.45) is -0.547. The van der Waals surface area contributed by atoms with E-state index in [4.69, 9.17) is 0 Å². The number of carbonyl (C=O) groups is 1. The second-order valence-electron chi connectivity index (χ2n) is 6.23. The van der Waals surface area contributed by atoms with Crippen LogP contribution < -0.4 is 10.2 Å². The van der Waals surface area contributed by atoms with Gasteiger partial charge in [0.1, 0.15) is 11.5 Å². The molecule has 1 amide bonds. The third-order valence-electron chi connectivity index (χ3n) is 4.31. The molecule has 0 aliphatic carbocycles. The van der Waals surface area contributed by atoms with Crippen molar-refractivity contribution in [1.29, 1.82) is 0 Å². The van der Waals surface area contributed by atoms with Crippen LogP contribution in [-0.2, 0) is 12.7 Å². The van der Waals surface area contributed by atoms with Crippen LogP contribution in [0.5, 0.6) is 0 Å². The molecule has 8 heteroatoms. The number of anilines is 1. The minimum absolute atomic E-state index is 0.0461. The van der Waals surface area contributed by atoms with Gasteiger partial charge < -0.3 is 10.2 Å². The van der Waals surface area contributed by atoms with E-state index in [0.29, 0.717) is 0 Å². The fraction of sp³-hybridized carbons (Fsp3) is 0.389. The maximum Gasteiger partial charge on any atom is 0.433 e. The lowest BCUT2D eigenvalue weighted by atomic mass is 10.1. The summed E-state index contributed by atoms with van der Waals surface area (Å²) in [6, 6.07) is 5.70. The van der Waals surface area contributed by atoms with Crippen LogP contribution in [0, 0.1) is 6.92 Å². The van der Waals surface area contributed by atoms with Crippen LogP contribution in [0.1, 0.15) is 40.2 Å². The van der Waals surface area contributed by atoms with Gasteiger partial charge in [0, 0.05) is 25.8 Å². The average Bonchev–Trinajstić information content (AvgIpc) is 3.14. The van der Waals surface area contributed by atoms with Crippen molar-refractivity contribution in [3.63, 3.8) is 0 Å². The predicted octanol–water partition coefficient (Wildman–Crippen LogP) is 3.33. The molecule has 0 saturated carbocycles. The normalized spacial score (nSPS) is 14.5. The number of amides is 1. The second kappa shape index (κ2) is 7.31. The number of aromatic nitrogens is 2. The lowest BCUT2D eigenvalue weighted by molar-refractivity contribution is -0.141. The number of pyridine rings is 2. The Morgan fingerprint density at radius 1 is 1.23 bits per heavy atom. The van der Waals surface area contributed by atoms with E-state index < -0.39 is 17.8 Å². The number of hydrogen-bond donors (Lipinski definition) is 1. The van der Waals surface area contributed by atoms with Gasteiger partial charge in [0.15, 0.2) is 0 Å². The van der Waals surface area contributed by atoms with Gasteiger partial charge in [-0.25, -0.2) is 9.97 Å². The highest BCUT2D eigenvalue weighted by atomic mass is 19.4. The van der Waals surface area contributed by atoms with E-state index in [2.05, 4.69) is 20.2 Å². The van der Waals surface area contributed by atoms with Crippen molar-refractivity contribution in [3.8, 4) is 0 Å². The molecular weight excluding hydrogens is 345 g/mol. The fourth-order valence-electron chi connectivity index (χ4n) is 2.93. The Bertz CT molecular complexity index is 801. The summed E-state index contributed by atoms with van der Waals surface area (Å²) < 4.78 is 38.0.